The Kier molecular flexibility index (Phi) is 15.4. The van der Waals surface area contributed by atoms with Gasteiger partial charge in [0.15, 0.2) is 0 Å². The molecule has 0 spiro atoms. The smallest absolute Gasteiger partial charge is 0.305 e. The van der Waals surface area contributed by atoms with Crippen molar-refractivity contribution in [1.82, 2.24) is 0 Å². The molecule has 0 heterocycles. The zero-order valence-electron chi connectivity index (χ0n) is 11.4. The molecule has 0 saturated heterocycles. The first-order chi connectivity index (χ1) is 7.95. The van der Waals surface area contributed by atoms with Crippen molar-refractivity contribution in [3.8, 4) is 0 Å². The second-order valence-corrected chi connectivity index (χ2v) is 5.60. The number of esters is 1. The van der Waals surface area contributed by atoms with Gasteiger partial charge in [-0.05, 0) is 12.8 Å². The summed E-state index contributed by atoms with van der Waals surface area (Å²) in [5.41, 5.74) is 0. The Morgan fingerprint density at radius 2 is 1.72 bits per heavy atom. The Balaban J connectivity index is 0. The van der Waals surface area contributed by atoms with Gasteiger partial charge in [-0.15, -0.1) is 0 Å². The van der Waals surface area contributed by atoms with Crippen molar-refractivity contribution in [2.45, 2.75) is 51.9 Å². The summed E-state index contributed by atoms with van der Waals surface area (Å²) in [6.07, 6.45) is 5.84. The number of carbonyl (C=O) groups excluding carboxylic acids is 1. The van der Waals surface area contributed by atoms with E-state index >= 15 is 0 Å². The van der Waals surface area contributed by atoms with Crippen molar-refractivity contribution < 1.29 is 22.5 Å². The van der Waals surface area contributed by atoms with Crippen molar-refractivity contribution in [2.75, 3.05) is 12.4 Å². The predicted molar refractivity (Wildman–Crippen MR) is 71.1 cm³/mol. The topological polar surface area (TPSA) is 80.7 Å². The number of hydrogen-bond acceptors (Lipinski definition) is 4. The number of hydrogen-bond donors (Lipinski definition) is 1. The van der Waals surface area contributed by atoms with E-state index in [1.807, 2.05) is 0 Å². The maximum absolute atomic E-state index is 11.2. The molecule has 0 unspecified atom stereocenters. The second kappa shape index (κ2) is 13.0. The fraction of sp³-hybridized carbons (Fsp3) is 0.909. The van der Waals surface area contributed by atoms with Gasteiger partial charge in [0, 0.05) is 57.8 Å². The molecule has 7 heteroatoms. The molecule has 1 N–H and O–H groups in total. The van der Waals surface area contributed by atoms with E-state index in [0.717, 1.165) is 19.3 Å². The van der Waals surface area contributed by atoms with Crippen LogP contribution in [0.5, 0.6) is 0 Å². The van der Waals surface area contributed by atoms with E-state index in [1.165, 1.54) is 12.8 Å². The van der Waals surface area contributed by atoms with Crippen molar-refractivity contribution in [3.63, 3.8) is 0 Å². The summed E-state index contributed by atoms with van der Waals surface area (Å²) in [7, 11) is -3.94. The van der Waals surface area contributed by atoms with Crippen LogP contribution in [0.1, 0.15) is 51.9 Å². The van der Waals surface area contributed by atoms with Crippen molar-refractivity contribution in [2.24, 2.45) is 0 Å². The van der Waals surface area contributed by atoms with Crippen LogP contribution in [0.15, 0.2) is 0 Å². The summed E-state index contributed by atoms with van der Waals surface area (Å²) >= 11 is 0. The summed E-state index contributed by atoms with van der Waals surface area (Å²) in [6.45, 7) is 2.18. The van der Waals surface area contributed by atoms with Crippen LogP contribution in [-0.4, -0.2) is 82.7 Å². The fourth-order valence-electron chi connectivity index (χ4n) is 1.37. The van der Waals surface area contributed by atoms with E-state index in [1.54, 1.807) is 0 Å². The third kappa shape index (κ3) is 17.0. The van der Waals surface area contributed by atoms with Crippen LogP contribution in [0.4, 0.5) is 0 Å². The normalized spacial score (nSPS) is 10.8. The van der Waals surface area contributed by atoms with E-state index in [9.17, 15) is 13.2 Å². The first-order valence-electron chi connectivity index (χ1n) is 6.06. The number of ether oxygens (including phenoxy) is 1. The summed E-state index contributed by atoms with van der Waals surface area (Å²) in [4.78, 5) is 11.2. The van der Waals surface area contributed by atoms with E-state index < -0.39 is 10.1 Å². The molecular weight excluding hydrogens is 283 g/mol. The predicted octanol–water partition coefficient (Wildman–Crippen LogP) is 1.79. The molecular formula is C11H22KO5S. The minimum atomic E-state index is -3.94. The third-order valence-electron chi connectivity index (χ3n) is 2.29. The average molecular weight is 305 g/mol. The second-order valence-electron chi connectivity index (χ2n) is 4.02. The Morgan fingerprint density at radius 3 is 2.28 bits per heavy atom. The van der Waals surface area contributed by atoms with Crippen LogP contribution < -0.4 is 0 Å². The van der Waals surface area contributed by atoms with Crippen molar-refractivity contribution in [1.29, 1.82) is 0 Å². The average Bonchev–Trinajstić information content (AvgIpc) is 2.23. The zero-order valence-corrected chi connectivity index (χ0v) is 15.3. The molecule has 0 aromatic heterocycles. The number of rotatable bonds is 10. The Bertz CT molecular complexity index is 303. The zero-order chi connectivity index (χ0) is 13.1. The van der Waals surface area contributed by atoms with Crippen LogP contribution in [0.25, 0.3) is 0 Å². The Morgan fingerprint density at radius 1 is 1.11 bits per heavy atom. The molecule has 0 fully saturated rings. The standard InChI is InChI=1S/C11H22O5S.K/c1-2-3-4-5-6-8-11(12)16-9-7-10-17(13,14)15;/h2-10H2,1H3,(H,13,14,15);. The van der Waals surface area contributed by atoms with Gasteiger partial charge in [-0.1, -0.05) is 32.6 Å². The van der Waals surface area contributed by atoms with Gasteiger partial charge in [0.05, 0.1) is 12.4 Å². The summed E-state index contributed by atoms with van der Waals surface area (Å²) < 4.78 is 34.0. The molecule has 0 aromatic rings. The van der Waals surface area contributed by atoms with Crippen molar-refractivity contribution >= 4 is 67.5 Å². The van der Waals surface area contributed by atoms with Gasteiger partial charge in [-0.2, -0.15) is 8.42 Å². The molecule has 0 bridgehead atoms. The molecule has 0 atom stereocenters. The molecule has 0 amide bonds. The molecule has 0 aliphatic rings. The van der Waals surface area contributed by atoms with Crippen molar-refractivity contribution in [3.05, 3.63) is 0 Å². The summed E-state index contributed by atoms with van der Waals surface area (Å²) in [6, 6.07) is 0. The van der Waals surface area contributed by atoms with E-state index in [2.05, 4.69) is 6.92 Å². The van der Waals surface area contributed by atoms with Gasteiger partial charge >= 0.3 is 5.97 Å². The monoisotopic (exact) mass is 305 g/mol. The van der Waals surface area contributed by atoms with Gasteiger partial charge in [0.25, 0.3) is 10.1 Å². The third-order valence-corrected chi connectivity index (χ3v) is 3.10. The number of unbranched alkanes of at least 4 members (excludes halogenated alkanes) is 4. The van der Waals surface area contributed by atoms with Crippen LogP contribution in [0.3, 0.4) is 0 Å². The summed E-state index contributed by atoms with van der Waals surface area (Å²) in [5.74, 6) is -0.659. The molecule has 0 rings (SSSR count). The largest absolute Gasteiger partial charge is 0.466 e. The quantitative estimate of drug-likeness (QED) is 0.288. The van der Waals surface area contributed by atoms with E-state index in [4.69, 9.17) is 9.29 Å². The van der Waals surface area contributed by atoms with Gasteiger partial charge < -0.3 is 4.74 Å². The van der Waals surface area contributed by atoms with E-state index in [0.29, 0.717) is 6.42 Å². The van der Waals surface area contributed by atoms with Crippen LogP contribution in [0.2, 0.25) is 0 Å². The SMILES string of the molecule is CCCCCCCC(=O)OCCCS(=O)(=O)O.[K]. The van der Waals surface area contributed by atoms with E-state index in [-0.39, 0.29) is 76.1 Å². The molecule has 0 aromatic carbocycles. The van der Waals surface area contributed by atoms with Gasteiger partial charge in [0.2, 0.25) is 0 Å². The van der Waals surface area contributed by atoms with Crippen LogP contribution in [0, 0.1) is 0 Å². The van der Waals surface area contributed by atoms with Gasteiger partial charge in [0.1, 0.15) is 0 Å². The minimum Gasteiger partial charge on any atom is -0.466 e. The number of carbonyl (C=O) groups is 1. The maximum atomic E-state index is 11.2. The van der Waals surface area contributed by atoms with Gasteiger partial charge in [-0.25, -0.2) is 0 Å². The first-order valence-corrected chi connectivity index (χ1v) is 7.67. The molecule has 5 nitrogen and oxygen atoms in total. The Labute approximate surface area is 152 Å². The molecule has 0 saturated carbocycles. The molecule has 103 valence electrons. The minimum absolute atomic E-state index is 0. The maximum Gasteiger partial charge on any atom is 0.305 e. The molecule has 0 aliphatic heterocycles. The first kappa shape index (κ1) is 21.3. The summed E-state index contributed by atoms with van der Waals surface area (Å²) in [5, 5.41) is 0. The van der Waals surface area contributed by atoms with Crippen LogP contribution >= 0.6 is 0 Å². The molecule has 1 radical (unpaired) electrons. The molecule has 18 heavy (non-hydrogen) atoms. The molecule has 0 aliphatic carbocycles. The Hall–Kier alpha value is 1.02. The van der Waals surface area contributed by atoms with Gasteiger partial charge in [-0.3, -0.25) is 9.35 Å². The fourth-order valence-corrected chi connectivity index (χ4v) is 1.86. The van der Waals surface area contributed by atoms with Crippen LogP contribution in [-0.2, 0) is 19.6 Å².